The third-order valence-corrected chi connectivity index (χ3v) is 3.08. The Labute approximate surface area is 129 Å². The molecule has 0 spiro atoms. The van der Waals surface area contributed by atoms with E-state index in [-0.39, 0.29) is 11.9 Å². The SMILES string of the molecule is CCC(=O)Oc1ccc(-c2ccc(OC(=O)CC)cc2)cc1. The maximum Gasteiger partial charge on any atom is 0.310 e. The van der Waals surface area contributed by atoms with E-state index in [4.69, 9.17) is 9.47 Å². The molecule has 2 aromatic carbocycles. The van der Waals surface area contributed by atoms with E-state index in [2.05, 4.69) is 0 Å². The van der Waals surface area contributed by atoms with Gasteiger partial charge in [0, 0.05) is 12.8 Å². The summed E-state index contributed by atoms with van der Waals surface area (Å²) in [5.74, 6) is 0.554. The van der Waals surface area contributed by atoms with Crippen LogP contribution in [0.2, 0.25) is 0 Å². The van der Waals surface area contributed by atoms with E-state index < -0.39 is 0 Å². The number of rotatable bonds is 5. The number of carbonyl (C=O) groups excluding carboxylic acids is 2. The van der Waals surface area contributed by atoms with E-state index in [1.54, 1.807) is 38.1 Å². The van der Waals surface area contributed by atoms with Crippen molar-refractivity contribution in [2.75, 3.05) is 0 Å². The largest absolute Gasteiger partial charge is 0.427 e. The fourth-order valence-electron chi connectivity index (χ4n) is 1.84. The predicted octanol–water partition coefficient (Wildman–Crippen LogP) is 3.98. The molecule has 0 aromatic heterocycles. The molecule has 0 saturated carbocycles. The average Bonchev–Trinajstić information content (AvgIpc) is 2.56. The average molecular weight is 298 g/mol. The van der Waals surface area contributed by atoms with Gasteiger partial charge in [0.25, 0.3) is 0 Å². The van der Waals surface area contributed by atoms with Crippen LogP contribution in [0.3, 0.4) is 0 Å². The monoisotopic (exact) mass is 298 g/mol. The minimum atomic E-state index is -0.255. The second kappa shape index (κ2) is 7.41. The van der Waals surface area contributed by atoms with Crippen molar-refractivity contribution >= 4 is 11.9 Å². The van der Waals surface area contributed by atoms with E-state index in [0.29, 0.717) is 24.3 Å². The molecule has 0 amide bonds. The summed E-state index contributed by atoms with van der Waals surface area (Å²) in [6.07, 6.45) is 0.694. The van der Waals surface area contributed by atoms with Crippen molar-refractivity contribution in [2.45, 2.75) is 26.7 Å². The van der Waals surface area contributed by atoms with Crippen molar-refractivity contribution in [3.8, 4) is 22.6 Å². The van der Waals surface area contributed by atoms with Crippen molar-refractivity contribution in [3.63, 3.8) is 0 Å². The van der Waals surface area contributed by atoms with E-state index in [0.717, 1.165) is 11.1 Å². The van der Waals surface area contributed by atoms with Crippen molar-refractivity contribution in [1.29, 1.82) is 0 Å². The molecule has 0 N–H and O–H groups in total. The zero-order valence-corrected chi connectivity index (χ0v) is 12.7. The molecule has 0 bridgehead atoms. The first kappa shape index (κ1) is 15.8. The summed E-state index contributed by atoms with van der Waals surface area (Å²) in [6, 6.07) is 14.6. The van der Waals surface area contributed by atoms with Gasteiger partial charge in [0.1, 0.15) is 11.5 Å². The van der Waals surface area contributed by atoms with Crippen LogP contribution < -0.4 is 9.47 Å². The number of carbonyl (C=O) groups is 2. The zero-order chi connectivity index (χ0) is 15.9. The molecule has 0 aliphatic heterocycles. The van der Waals surface area contributed by atoms with Gasteiger partial charge in [0.05, 0.1) is 0 Å². The van der Waals surface area contributed by atoms with Gasteiger partial charge in [0.15, 0.2) is 0 Å². The lowest BCUT2D eigenvalue weighted by atomic mass is 10.1. The maximum atomic E-state index is 11.2. The molecule has 0 aliphatic carbocycles. The summed E-state index contributed by atoms with van der Waals surface area (Å²) < 4.78 is 10.3. The lowest BCUT2D eigenvalue weighted by Gasteiger charge is -2.06. The van der Waals surface area contributed by atoms with Crippen LogP contribution in [-0.4, -0.2) is 11.9 Å². The lowest BCUT2D eigenvalue weighted by Crippen LogP contribution is -2.05. The molecule has 0 radical (unpaired) electrons. The third kappa shape index (κ3) is 4.19. The van der Waals surface area contributed by atoms with Crippen LogP contribution in [0.25, 0.3) is 11.1 Å². The Balaban J connectivity index is 2.08. The first-order valence-electron chi connectivity index (χ1n) is 7.24. The van der Waals surface area contributed by atoms with Gasteiger partial charge in [-0.1, -0.05) is 38.1 Å². The molecule has 4 heteroatoms. The zero-order valence-electron chi connectivity index (χ0n) is 12.7. The summed E-state index contributed by atoms with van der Waals surface area (Å²) in [5, 5.41) is 0. The highest BCUT2D eigenvalue weighted by Gasteiger charge is 2.04. The van der Waals surface area contributed by atoms with Gasteiger partial charge in [-0.2, -0.15) is 0 Å². The van der Waals surface area contributed by atoms with Crippen LogP contribution in [0.5, 0.6) is 11.5 Å². The van der Waals surface area contributed by atoms with Crippen LogP contribution in [0, 0.1) is 0 Å². The first-order valence-corrected chi connectivity index (χ1v) is 7.24. The van der Waals surface area contributed by atoms with Crippen LogP contribution in [0.15, 0.2) is 48.5 Å². The highest BCUT2D eigenvalue weighted by atomic mass is 16.5. The second-order valence-corrected chi connectivity index (χ2v) is 4.70. The molecule has 22 heavy (non-hydrogen) atoms. The summed E-state index contributed by atoms with van der Waals surface area (Å²) in [5.41, 5.74) is 1.98. The summed E-state index contributed by atoms with van der Waals surface area (Å²) >= 11 is 0. The van der Waals surface area contributed by atoms with Crippen LogP contribution in [0.1, 0.15) is 26.7 Å². The normalized spacial score (nSPS) is 10.1. The molecule has 0 atom stereocenters. The summed E-state index contributed by atoms with van der Waals surface area (Å²) in [4.78, 5) is 22.4. The lowest BCUT2D eigenvalue weighted by molar-refractivity contribution is -0.134. The van der Waals surface area contributed by atoms with Gasteiger partial charge < -0.3 is 9.47 Å². The molecule has 0 aliphatic rings. The van der Waals surface area contributed by atoms with Gasteiger partial charge in [-0.15, -0.1) is 0 Å². The Morgan fingerprint density at radius 3 is 1.27 bits per heavy atom. The van der Waals surface area contributed by atoms with Gasteiger partial charge in [0.2, 0.25) is 0 Å². The van der Waals surface area contributed by atoms with Crippen molar-refractivity contribution in [1.82, 2.24) is 0 Å². The van der Waals surface area contributed by atoms with Gasteiger partial charge in [-0.05, 0) is 35.4 Å². The Morgan fingerprint density at radius 2 is 1.00 bits per heavy atom. The van der Waals surface area contributed by atoms with E-state index >= 15 is 0 Å². The van der Waals surface area contributed by atoms with E-state index in [1.807, 2.05) is 24.3 Å². The standard InChI is InChI=1S/C18H18O4/c1-3-17(19)21-15-9-5-13(6-10-15)14-7-11-16(12-8-14)22-18(20)4-2/h5-12H,3-4H2,1-2H3. The summed E-state index contributed by atoms with van der Waals surface area (Å²) in [7, 11) is 0. The number of esters is 2. The Bertz CT molecular complexity index is 582. The molecule has 2 rings (SSSR count). The minimum Gasteiger partial charge on any atom is -0.427 e. The first-order chi connectivity index (χ1) is 10.6. The van der Waals surface area contributed by atoms with Crippen molar-refractivity contribution < 1.29 is 19.1 Å². The third-order valence-electron chi connectivity index (χ3n) is 3.08. The number of hydrogen-bond donors (Lipinski definition) is 0. The minimum absolute atomic E-state index is 0.255. The van der Waals surface area contributed by atoms with Gasteiger partial charge >= 0.3 is 11.9 Å². The van der Waals surface area contributed by atoms with Crippen molar-refractivity contribution in [3.05, 3.63) is 48.5 Å². The molecule has 0 fully saturated rings. The van der Waals surface area contributed by atoms with Crippen LogP contribution >= 0.6 is 0 Å². The van der Waals surface area contributed by atoms with E-state index in [1.165, 1.54) is 0 Å². The van der Waals surface area contributed by atoms with Gasteiger partial charge in [-0.25, -0.2) is 0 Å². The Morgan fingerprint density at radius 1 is 0.682 bits per heavy atom. The molecule has 0 saturated heterocycles. The van der Waals surface area contributed by atoms with E-state index in [9.17, 15) is 9.59 Å². The summed E-state index contributed by atoms with van der Waals surface area (Å²) in [6.45, 7) is 3.51. The Hall–Kier alpha value is -2.62. The quantitative estimate of drug-likeness (QED) is 0.619. The predicted molar refractivity (Wildman–Crippen MR) is 83.7 cm³/mol. The topological polar surface area (TPSA) is 52.6 Å². The fourth-order valence-corrected chi connectivity index (χ4v) is 1.84. The van der Waals surface area contributed by atoms with Gasteiger partial charge in [-0.3, -0.25) is 9.59 Å². The van der Waals surface area contributed by atoms with Crippen LogP contribution in [0.4, 0.5) is 0 Å². The number of benzene rings is 2. The smallest absolute Gasteiger partial charge is 0.310 e. The molecule has 4 nitrogen and oxygen atoms in total. The fraction of sp³-hybridized carbons (Fsp3) is 0.222. The highest BCUT2D eigenvalue weighted by Crippen LogP contribution is 2.25. The van der Waals surface area contributed by atoms with Crippen molar-refractivity contribution in [2.24, 2.45) is 0 Å². The molecule has 0 heterocycles. The Kier molecular flexibility index (Phi) is 5.31. The second-order valence-electron chi connectivity index (χ2n) is 4.70. The maximum absolute atomic E-state index is 11.2. The number of hydrogen-bond acceptors (Lipinski definition) is 4. The van der Waals surface area contributed by atoms with Crippen LogP contribution in [-0.2, 0) is 9.59 Å². The molecule has 0 unspecified atom stereocenters. The molecule has 2 aromatic rings. The number of ether oxygens (including phenoxy) is 2. The molecule has 114 valence electrons. The highest BCUT2D eigenvalue weighted by molar-refractivity contribution is 5.73. The molecular weight excluding hydrogens is 280 g/mol. The molecular formula is C18H18O4.